The van der Waals surface area contributed by atoms with E-state index >= 15 is 0 Å². The number of halogens is 3. The zero-order chi connectivity index (χ0) is 17.3. The minimum Gasteiger partial charge on any atom is -0.351 e. The van der Waals surface area contributed by atoms with Gasteiger partial charge in [0.25, 0.3) is 0 Å². The molecule has 0 saturated carbocycles. The number of benzene rings is 1. The molecule has 2 aromatic rings. The van der Waals surface area contributed by atoms with Gasteiger partial charge < -0.3 is 10.2 Å². The first kappa shape index (κ1) is 17.1. The molecule has 24 heavy (non-hydrogen) atoms. The molecule has 0 aliphatic carbocycles. The Morgan fingerprint density at radius 2 is 2.12 bits per heavy atom. The van der Waals surface area contributed by atoms with E-state index in [0.29, 0.717) is 12.1 Å². The fraction of sp³-hybridized carbons (Fsp3) is 0.294. The average Bonchev–Trinajstić information content (AvgIpc) is 2.57. The molecule has 1 aliphatic heterocycles. The summed E-state index contributed by atoms with van der Waals surface area (Å²) in [7, 11) is 0. The van der Waals surface area contributed by atoms with Crippen LogP contribution in [0, 0.1) is 11.2 Å². The molecule has 0 unspecified atom stereocenters. The molecule has 3 rings (SSSR count). The van der Waals surface area contributed by atoms with Gasteiger partial charge in [-0.3, -0.25) is 5.41 Å². The van der Waals surface area contributed by atoms with Crippen molar-refractivity contribution >= 4 is 29.0 Å². The van der Waals surface area contributed by atoms with Gasteiger partial charge in [-0.15, -0.1) is 0 Å². The normalized spacial score (nSPS) is 17.8. The maximum atomic E-state index is 14.0. The third-order valence-electron chi connectivity index (χ3n) is 4.10. The first-order valence-corrected chi connectivity index (χ1v) is 8.42. The third-order valence-corrected chi connectivity index (χ3v) is 4.68. The SMILES string of the molecule is C[C@H]1CNCCN1C(=N)c1cc(Cl)c(-c2ccccc2F)nc1Cl. The van der Waals surface area contributed by atoms with E-state index in [9.17, 15) is 4.39 Å². The second-order valence-corrected chi connectivity index (χ2v) is 6.50. The van der Waals surface area contributed by atoms with E-state index in [1.165, 1.54) is 6.07 Å². The Hall–Kier alpha value is -1.69. The maximum absolute atomic E-state index is 14.0. The van der Waals surface area contributed by atoms with Crippen LogP contribution in [0.15, 0.2) is 30.3 Å². The number of rotatable bonds is 2. The molecule has 1 aromatic carbocycles. The summed E-state index contributed by atoms with van der Waals surface area (Å²) in [6, 6.07) is 8.03. The van der Waals surface area contributed by atoms with E-state index in [0.717, 1.165) is 13.1 Å². The molecular formula is C17H17Cl2FN4. The smallest absolute Gasteiger partial charge is 0.140 e. The second kappa shape index (κ2) is 7.05. The summed E-state index contributed by atoms with van der Waals surface area (Å²) in [5, 5.41) is 12.1. The summed E-state index contributed by atoms with van der Waals surface area (Å²) < 4.78 is 14.0. The monoisotopic (exact) mass is 366 g/mol. The molecule has 1 saturated heterocycles. The van der Waals surface area contributed by atoms with E-state index in [2.05, 4.69) is 10.3 Å². The van der Waals surface area contributed by atoms with Gasteiger partial charge >= 0.3 is 0 Å². The van der Waals surface area contributed by atoms with Crippen LogP contribution in [0.2, 0.25) is 10.2 Å². The summed E-state index contributed by atoms with van der Waals surface area (Å²) in [6.45, 7) is 4.35. The Bertz CT molecular complexity index is 781. The Kier molecular flexibility index (Phi) is 5.04. The zero-order valence-corrected chi connectivity index (χ0v) is 14.6. The van der Waals surface area contributed by atoms with Crippen LogP contribution in [0.4, 0.5) is 4.39 Å². The van der Waals surface area contributed by atoms with Crippen molar-refractivity contribution in [1.82, 2.24) is 15.2 Å². The second-order valence-electron chi connectivity index (χ2n) is 5.73. The number of pyridine rings is 1. The standard InChI is InChI=1S/C17H17Cl2FN4/c1-10-9-22-6-7-24(10)17(21)12-8-13(18)15(23-16(12)19)11-4-2-3-5-14(11)20/h2-5,8,10,21-22H,6-7,9H2,1H3/t10-/m0/s1. The fourth-order valence-corrected chi connectivity index (χ4v) is 3.28. The molecule has 2 heterocycles. The van der Waals surface area contributed by atoms with Crippen LogP contribution in [-0.4, -0.2) is 41.4 Å². The van der Waals surface area contributed by atoms with Crippen molar-refractivity contribution in [2.45, 2.75) is 13.0 Å². The highest BCUT2D eigenvalue weighted by Gasteiger charge is 2.24. The maximum Gasteiger partial charge on any atom is 0.140 e. The van der Waals surface area contributed by atoms with Gasteiger partial charge in [-0.25, -0.2) is 9.37 Å². The minimum atomic E-state index is -0.415. The zero-order valence-electron chi connectivity index (χ0n) is 13.1. The van der Waals surface area contributed by atoms with Gasteiger partial charge in [0.05, 0.1) is 16.3 Å². The molecule has 1 aromatic heterocycles. The fourth-order valence-electron chi connectivity index (χ4n) is 2.80. The van der Waals surface area contributed by atoms with Crippen molar-refractivity contribution in [3.63, 3.8) is 0 Å². The molecule has 0 radical (unpaired) electrons. The van der Waals surface area contributed by atoms with Crippen LogP contribution in [0.1, 0.15) is 12.5 Å². The first-order chi connectivity index (χ1) is 11.5. The molecule has 2 N–H and O–H groups in total. The quantitative estimate of drug-likeness (QED) is 0.482. The van der Waals surface area contributed by atoms with Crippen molar-refractivity contribution < 1.29 is 4.39 Å². The van der Waals surface area contributed by atoms with E-state index in [-0.39, 0.29) is 33.3 Å². The van der Waals surface area contributed by atoms with Crippen LogP contribution in [0.5, 0.6) is 0 Å². The number of aromatic nitrogens is 1. The average molecular weight is 367 g/mol. The number of nitrogens with one attached hydrogen (secondary N) is 2. The molecule has 7 heteroatoms. The molecule has 126 valence electrons. The summed E-state index contributed by atoms with van der Waals surface area (Å²) in [5.41, 5.74) is 1.03. The van der Waals surface area contributed by atoms with E-state index in [4.69, 9.17) is 28.6 Å². The Balaban J connectivity index is 1.98. The summed E-state index contributed by atoms with van der Waals surface area (Å²) in [5.74, 6) is -0.134. The number of amidine groups is 1. The van der Waals surface area contributed by atoms with Gasteiger partial charge in [-0.05, 0) is 25.1 Å². The number of hydrogen-bond donors (Lipinski definition) is 2. The highest BCUT2D eigenvalue weighted by Crippen LogP contribution is 2.32. The third kappa shape index (κ3) is 3.24. The summed E-state index contributed by atoms with van der Waals surface area (Å²) >= 11 is 12.6. The van der Waals surface area contributed by atoms with Crippen molar-refractivity contribution in [3.05, 3.63) is 51.9 Å². The summed E-state index contributed by atoms with van der Waals surface area (Å²) in [4.78, 5) is 6.21. The molecule has 0 bridgehead atoms. The highest BCUT2D eigenvalue weighted by atomic mass is 35.5. The molecule has 0 spiro atoms. The van der Waals surface area contributed by atoms with Gasteiger partial charge in [-0.1, -0.05) is 35.3 Å². The largest absolute Gasteiger partial charge is 0.351 e. The van der Waals surface area contributed by atoms with E-state index in [1.807, 2.05) is 11.8 Å². The van der Waals surface area contributed by atoms with Crippen molar-refractivity contribution in [3.8, 4) is 11.3 Å². The lowest BCUT2D eigenvalue weighted by Crippen LogP contribution is -2.52. The minimum absolute atomic E-state index is 0.147. The van der Waals surface area contributed by atoms with Crippen LogP contribution in [0.25, 0.3) is 11.3 Å². The Morgan fingerprint density at radius 3 is 2.83 bits per heavy atom. The van der Waals surface area contributed by atoms with Crippen molar-refractivity contribution in [1.29, 1.82) is 5.41 Å². The lowest BCUT2D eigenvalue weighted by Gasteiger charge is -2.36. The Morgan fingerprint density at radius 1 is 1.38 bits per heavy atom. The van der Waals surface area contributed by atoms with E-state index in [1.54, 1.807) is 24.3 Å². The van der Waals surface area contributed by atoms with Gasteiger partial charge in [-0.2, -0.15) is 0 Å². The number of hydrogen-bond acceptors (Lipinski definition) is 3. The summed E-state index contributed by atoms with van der Waals surface area (Å²) in [6.07, 6.45) is 0. The Labute approximate surface area is 150 Å². The molecule has 1 aliphatic rings. The van der Waals surface area contributed by atoms with Crippen molar-refractivity contribution in [2.24, 2.45) is 0 Å². The van der Waals surface area contributed by atoms with Crippen molar-refractivity contribution in [2.75, 3.05) is 19.6 Å². The van der Waals surface area contributed by atoms with Crippen LogP contribution < -0.4 is 5.32 Å². The lowest BCUT2D eigenvalue weighted by molar-refractivity contribution is 0.273. The highest BCUT2D eigenvalue weighted by molar-refractivity contribution is 6.36. The van der Waals surface area contributed by atoms with Gasteiger partial charge in [0, 0.05) is 31.2 Å². The predicted octanol–water partition coefficient (Wildman–Crippen LogP) is 3.81. The van der Waals surface area contributed by atoms with Gasteiger partial charge in [0.1, 0.15) is 16.8 Å². The molecule has 1 fully saturated rings. The predicted molar refractivity (Wildman–Crippen MR) is 95.5 cm³/mol. The first-order valence-electron chi connectivity index (χ1n) is 7.66. The molecule has 0 amide bonds. The van der Waals surface area contributed by atoms with Crippen LogP contribution in [0.3, 0.4) is 0 Å². The number of nitrogens with zero attached hydrogens (tertiary/aromatic N) is 2. The van der Waals surface area contributed by atoms with Gasteiger partial charge in [0.2, 0.25) is 0 Å². The molecule has 1 atom stereocenters. The van der Waals surface area contributed by atoms with Crippen LogP contribution in [-0.2, 0) is 0 Å². The topological polar surface area (TPSA) is 52.0 Å². The molecular weight excluding hydrogens is 350 g/mol. The van der Waals surface area contributed by atoms with Crippen LogP contribution >= 0.6 is 23.2 Å². The van der Waals surface area contributed by atoms with Gasteiger partial charge in [0.15, 0.2) is 0 Å². The van der Waals surface area contributed by atoms with E-state index < -0.39 is 5.82 Å². The lowest BCUT2D eigenvalue weighted by atomic mass is 10.1. The molecule has 4 nitrogen and oxygen atoms in total. The number of piperazine rings is 1.